The van der Waals surface area contributed by atoms with Crippen LogP contribution in [0.25, 0.3) is 0 Å². The van der Waals surface area contributed by atoms with E-state index < -0.39 is 29.2 Å². The van der Waals surface area contributed by atoms with E-state index in [4.69, 9.17) is 16.3 Å². The maximum Gasteiger partial charge on any atom is 0.416 e. The topological polar surface area (TPSA) is 54.4 Å². The predicted molar refractivity (Wildman–Crippen MR) is 127 cm³/mol. The second-order valence-corrected chi connectivity index (χ2v) is 9.01. The highest BCUT2D eigenvalue weighted by molar-refractivity contribution is 6.30. The zero-order valence-corrected chi connectivity index (χ0v) is 20.1. The molecular formula is C26H27ClF4N2O2. The lowest BCUT2D eigenvalue weighted by Gasteiger charge is -2.37. The Hall–Kier alpha value is -2.52. The van der Waals surface area contributed by atoms with Gasteiger partial charge >= 0.3 is 6.18 Å². The summed E-state index contributed by atoms with van der Waals surface area (Å²) in [7, 11) is 0. The van der Waals surface area contributed by atoms with Crippen molar-refractivity contribution in [1.82, 2.24) is 10.3 Å². The Morgan fingerprint density at radius 3 is 2.31 bits per heavy atom. The molecule has 2 atom stereocenters. The summed E-state index contributed by atoms with van der Waals surface area (Å²) in [5, 5.41) is 14.1. The molecule has 1 heterocycles. The van der Waals surface area contributed by atoms with Gasteiger partial charge in [-0.25, -0.2) is 4.39 Å². The first kappa shape index (κ1) is 27.1. The number of ether oxygens (including phenoxy) is 1. The summed E-state index contributed by atoms with van der Waals surface area (Å²) >= 11 is 6.03. The third-order valence-corrected chi connectivity index (χ3v) is 5.68. The zero-order chi connectivity index (χ0) is 25.6. The molecule has 2 N–H and O–H groups in total. The molecule has 3 aromatic rings. The van der Waals surface area contributed by atoms with Crippen LogP contribution >= 0.6 is 11.6 Å². The fourth-order valence-corrected chi connectivity index (χ4v) is 3.89. The second-order valence-electron chi connectivity index (χ2n) is 8.57. The number of aromatic nitrogens is 1. The molecule has 0 amide bonds. The van der Waals surface area contributed by atoms with Crippen LogP contribution in [0, 0.1) is 5.82 Å². The van der Waals surface area contributed by atoms with Gasteiger partial charge < -0.3 is 9.84 Å². The molecule has 0 aliphatic heterocycles. The molecule has 4 nitrogen and oxygen atoms in total. The summed E-state index contributed by atoms with van der Waals surface area (Å²) in [6.45, 7) is 3.60. The number of aliphatic hydroxyl groups excluding tert-OH is 1. The monoisotopic (exact) mass is 510 g/mol. The van der Waals surface area contributed by atoms with E-state index in [1.54, 1.807) is 24.3 Å². The van der Waals surface area contributed by atoms with Gasteiger partial charge in [-0.3, -0.25) is 10.3 Å². The summed E-state index contributed by atoms with van der Waals surface area (Å²) in [6, 6.07) is 14.6. The van der Waals surface area contributed by atoms with Gasteiger partial charge in [0.1, 0.15) is 5.82 Å². The molecule has 9 heteroatoms. The minimum Gasteiger partial charge on any atom is -0.389 e. The zero-order valence-electron chi connectivity index (χ0n) is 19.3. The third-order valence-electron chi connectivity index (χ3n) is 5.46. The van der Waals surface area contributed by atoms with Crippen LogP contribution in [0.3, 0.4) is 0 Å². The summed E-state index contributed by atoms with van der Waals surface area (Å²) in [6.07, 6.45) is -4.35. The number of hydrogen-bond donors (Lipinski definition) is 2. The minimum atomic E-state index is -4.76. The van der Waals surface area contributed by atoms with E-state index in [1.807, 2.05) is 32.0 Å². The standard InChI is InChI=1S/C26H27ClF4N2O2/c1-17(2)35-16-23(34)15-33-25(13-18-6-4-3-5-7-18,24-9-8-21(27)14-32-24)19-10-20(26(29,30)31)12-22(28)11-19/h3-12,14,17,23,33-34H,13,15-16H2,1-2H3/t23?,25-/m0/s1. The first-order chi connectivity index (χ1) is 16.5. The number of nitrogens with one attached hydrogen (secondary N) is 1. The lowest BCUT2D eigenvalue weighted by atomic mass is 9.79. The highest BCUT2D eigenvalue weighted by atomic mass is 35.5. The molecule has 1 unspecified atom stereocenters. The van der Waals surface area contributed by atoms with Gasteiger partial charge in [0.15, 0.2) is 0 Å². The Morgan fingerprint density at radius 2 is 1.71 bits per heavy atom. The predicted octanol–water partition coefficient (Wildman–Crippen LogP) is 5.75. The molecule has 0 saturated carbocycles. The van der Waals surface area contributed by atoms with Gasteiger partial charge in [0.2, 0.25) is 0 Å². The highest BCUT2D eigenvalue weighted by Crippen LogP contribution is 2.37. The molecule has 3 rings (SSSR count). The molecule has 0 radical (unpaired) electrons. The molecule has 0 aliphatic carbocycles. The smallest absolute Gasteiger partial charge is 0.389 e. The molecule has 0 spiro atoms. The van der Waals surface area contributed by atoms with Gasteiger partial charge in [-0.05, 0) is 55.3 Å². The second kappa shape index (κ2) is 11.5. The van der Waals surface area contributed by atoms with Crippen molar-refractivity contribution >= 4 is 11.6 Å². The van der Waals surface area contributed by atoms with Crippen LogP contribution in [-0.2, 0) is 22.9 Å². The Labute approximate surface area is 206 Å². The van der Waals surface area contributed by atoms with Crippen molar-refractivity contribution in [3.8, 4) is 0 Å². The van der Waals surface area contributed by atoms with E-state index in [0.29, 0.717) is 16.8 Å². The number of alkyl halides is 3. The quantitative estimate of drug-likeness (QED) is 0.341. The van der Waals surface area contributed by atoms with Crippen molar-refractivity contribution in [3.63, 3.8) is 0 Å². The van der Waals surface area contributed by atoms with Crippen molar-refractivity contribution < 1.29 is 27.4 Å². The first-order valence-corrected chi connectivity index (χ1v) is 11.5. The van der Waals surface area contributed by atoms with Crippen LogP contribution in [0.1, 0.15) is 36.2 Å². The van der Waals surface area contributed by atoms with Crippen LogP contribution in [-0.4, -0.2) is 35.5 Å². The number of benzene rings is 2. The normalized spacial score (nSPS) is 14.7. The van der Waals surface area contributed by atoms with Gasteiger partial charge in [-0.1, -0.05) is 41.9 Å². The number of halogens is 5. The van der Waals surface area contributed by atoms with E-state index in [-0.39, 0.29) is 31.2 Å². The first-order valence-electron chi connectivity index (χ1n) is 11.1. The lowest BCUT2D eigenvalue weighted by Crippen LogP contribution is -2.49. The molecule has 0 fully saturated rings. The van der Waals surface area contributed by atoms with Crippen molar-refractivity contribution in [3.05, 3.63) is 100 Å². The number of pyridine rings is 1. The van der Waals surface area contributed by atoms with Crippen molar-refractivity contribution in [1.29, 1.82) is 0 Å². The van der Waals surface area contributed by atoms with Crippen molar-refractivity contribution in [2.75, 3.05) is 13.2 Å². The fraction of sp³-hybridized carbons (Fsp3) is 0.346. The number of hydrogen-bond acceptors (Lipinski definition) is 4. The van der Waals surface area contributed by atoms with Gasteiger partial charge in [-0.2, -0.15) is 13.2 Å². The average Bonchev–Trinajstić information content (AvgIpc) is 2.80. The Bertz CT molecular complexity index is 1090. The Balaban J connectivity index is 2.17. The van der Waals surface area contributed by atoms with E-state index in [0.717, 1.165) is 17.7 Å². The Kier molecular flexibility index (Phi) is 8.88. The SMILES string of the molecule is CC(C)OCC(O)CN[C@@](Cc1ccccc1)(c1cc(F)cc(C(F)(F)F)c1)c1ccc(Cl)cn1. The molecule has 2 aromatic carbocycles. The van der Waals surface area contributed by atoms with Crippen LogP contribution in [0.5, 0.6) is 0 Å². The number of nitrogens with zero attached hydrogens (tertiary/aromatic N) is 1. The average molecular weight is 511 g/mol. The summed E-state index contributed by atoms with van der Waals surface area (Å²) in [5.41, 5.74) is -1.44. The number of rotatable bonds is 10. The molecule has 35 heavy (non-hydrogen) atoms. The van der Waals surface area contributed by atoms with Crippen LogP contribution in [0.2, 0.25) is 5.02 Å². The Morgan fingerprint density at radius 1 is 1.03 bits per heavy atom. The van der Waals surface area contributed by atoms with Crippen molar-refractivity contribution in [2.45, 2.75) is 44.2 Å². The fourth-order valence-electron chi connectivity index (χ4n) is 3.78. The molecular weight excluding hydrogens is 484 g/mol. The lowest BCUT2D eigenvalue weighted by molar-refractivity contribution is -0.137. The summed E-state index contributed by atoms with van der Waals surface area (Å²) < 4.78 is 60.9. The van der Waals surface area contributed by atoms with Gasteiger partial charge in [0.05, 0.1) is 40.6 Å². The van der Waals surface area contributed by atoms with E-state index >= 15 is 0 Å². The summed E-state index contributed by atoms with van der Waals surface area (Å²) in [4.78, 5) is 4.39. The van der Waals surface area contributed by atoms with Gasteiger partial charge in [-0.15, -0.1) is 0 Å². The molecule has 188 valence electrons. The largest absolute Gasteiger partial charge is 0.416 e. The number of aliphatic hydroxyl groups is 1. The maximum atomic E-state index is 14.6. The molecule has 0 saturated heterocycles. The van der Waals surface area contributed by atoms with Crippen LogP contribution in [0.4, 0.5) is 17.6 Å². The van der Waals surface area contributed by atoms with Gasteiger partial charge in [0, 0.05) is 19.2 Å². The van der Waals surface area contributed by atoms with Crippen LogP contribution < -0.4 is 5.32 Å². The van der Waals surface area contributed by atoms with E-state index in [2.05, 4.69) is 10.3 Å². The van der Waals surface area contributed by atoms with E-state index in [1.165, 1.54) is 6.20 Å². The van der Waals surface area contributed by atoms with Gasteiger partial charge in [0.25, 0.3) is 0 Å². The third kappa shape index (κ3) is 7.24. The van der Waals surface area contributed by atoms with Crippen LogP contribution in [0.15, 0.2) is 66.9 Å². The molecule has 1 aromatic heterocycles. The molecule has 0 aliphatic rings. The molecule has 0 bridgehead atoms. The van der Waals surface area contributed by atoms with E-state index in [9.17, 15) is 22.7 Å². The maximum absolute atomic E-state index is 14.6. The minimum absolute atomic E-state index is 0.0110. The summed E-state index contributed by atoms with van der Waals surface area (Å²) in [5.74, 6) is -1.04. The van der Waals surface area contributed by atoms with Crippen molar-refractivity contribution in [2.24, 2.45) is 0 Å². The highest BCUT2D eigenvalue weighted by Gasteiger charge is 2.39.